The highest BCUT2D eigenvalue weighted by Gasteiger charge is 2.31. The number of hydrogen-bond donors (Lipinski definition) is 0. The summed E-state index contributed by atoms with van der Waals surface area (Å²) in [6, 6.07) is 4.08. The van der Waals surface area contributed by atoms with Crippen molar-refractivity contribution >= 4 is 21.7 Å². The lowest BCUT2D eigenvalue weighted by atomic mass is 9.92. The van der Waals surface area contributed by atoms with Gasteiger partial charge in [-0.2, -0.15) is 0 Å². The molecule has 0 radical (unpaired) electrons. The van der Waals surface area contributed by atoms with Gasteiger partial charge in [-0.3, -0.25) is 4.79 Å². The predicted octanol–water partition coefficient (Wildman–Crippen LogP) is 2.92. The van der Waals surface area contributed by atoms with Crippen LogP contribution in [0.15, 0.2) is 16.6 Å². The van der Waals surface area contributed by atoms with Gasteiger partial charge in [-0.25, -0.2) is 0 Å². The van der Waals surface area contributed by atoms with Crippen LogP contribution in [0.5, 0.6) is 5.75 Å². The number of ketones is 1. The zero-order valence-corrected chi connectivity index (χ0v) is 12.5. The third kappa shape index (κ3) is 2.56. The Morgan fingerprint density at radius 1 is 1.42 bits per heavy atom. The standard InChI is InChI=1S/C15H17BrO3/c1-9-13(3-5-18-9)14(17)8-11-7-12(16)6-10-2-4-19-15(10)11/h6-7,9,13H,2-5,8H2,1H3. The Bertz CT molecular complexity index is 512. The van der Waals surface area contributed by atoms with Crippen LogP contribution < -0.4 is 4.74 Å². The van der Waals surface area contributed by atoms with Crippen LogP contribution in [0.1, 0.15) is 24.5 Å². The third-order valence-electron chi connectivity index (χ3n) is 3.98. The summed E-state index contributed by atoms with van der Waals surface area (Å²) < 4.78 is 12.2. The summed E-state index contributed by atoms with van der Waals surface area (Å²) >= 11 is 3.51. The minimum Gasteiger partial charge on any atom is -0.493 e. The van der Waals surface area contributed by atoms with Crippen LogP contribution in [0.3, 0.4) is 0 Å². The molecule has 0 bridgehead atoms. The van der Waals surface area contributed by atoms with Gasteiger partial charge in [0.25, 0.3) is 0 Å². The van der Waals surface area contributed by atoms with E-state index in [0.29, 0.717) is 13.0 Å². The van der Waals surface area contributed by atoms with Crippen LogP contribution in [-0.2, 0) is 22.4 Å². The lowest BCUT2D eigenvalue weighted by Crippen LogP contribution is -2.23. The van der Waals surface area contributed by atoms with Gasteiger partial charge in [0.2, 0.25) is 0 Å². The normalized spacial score (nSPS) is 25.2. The highest BCUT2D eigenvalue weighted by molar-refractivity contribution is 9.10. The SMILES string of the molecule is CC1OCCC1C(=O)Cc1cc(Br)cc2c1OCC2. The van der Waals surface area contributed by atoms with Gasteiger partial charge in [0.05, 0.1) is 12.7 Å². The van der Waals surface area contributed by atoms with Crippen LogP contribution in [-0.4, -0.2) is 25.1 Å². The van der Waals surface area contributed by atoms with E-state index in [4.69, 9.17) is 9.47 Å². The van der Waals surface area contributed by atoms with E-state index < -0.39 is 0 Å². The Morgan fingerprint density at radius 2 is 2.26 bits per heavy atom. The molecule has 0 N–H and O–H groups in total. The van der Waals surface area contributed by atoms with E-state index in [-0.39, 0.29) is 17.8 Å². The summed E-state index contributed by atoms with van der Waals surface area (Å²) in [7, 11) is 0. The van der Waals surface area contributed by atoms with E-state index >= 15 is 0 Å². The number of carbonyl (C=O) groups excluding carboxylic acids is 1. The monoisotopic (exact) mass is 324 g/mol. The quantitative estimate of drug-likeness (QED) is 0.857. The summed E-state index contributed by atoms with van der Waals surface area (Å²) in [6.07, 6.45) is 2.27. The molecule has 2 heterocycles. The van der Waals surface area contributed by atoms with Crippen molar-refractivity contribution in [3.63, 3.8) is 0 Å². The summed E-state index contributed by atoms with van der Waals surface area (Å²) in [5.41, 5.74) is 2.21. The first-order chi connectivity index (χ1) is 9.15. The highest BCUT2D eigenvalue weighted by Crippen LogP contribution is 2.34. The second-order valence-corrected chi connectivity index (χ2v) is 6.18. The fraction of sp³-hybridized carbons (Fsp3) is 0.533. The van der Waals surface area contributed by atoms with Gasteiger partial charge in [0.15, 0.2) is 0 Å². The first-order valence-electron chi connectivity index (χ1n) is 6.73. The fourth-order valence-corrected chi connectivity index (χ4v) is 3.50. The molecule has 2 aliphatic heterocycles. The van der Waals surface area contributed by atoms with E-state index in [1.807, 2.05) is 13.0 Å². The number of halogens is 1. The van der Waals surface area contributed by atoms with E-state index in [1.54, 1.807) is 0 Å². The summed E-state index contributed by atoms with van der Waals surface area (Å²) in [4.78, 5) is 12.4. The van der Waals surface area contributed by atoms with Gasteiger partial charge < -0.3 is 9.47 Å². The maximum atomic E-state index is 12.4. The second kappa shape index (κ2) is 5.25. The van der Waals surface area contributed by atoms with Crippen LogP contribution in [0.4, 0.5) is 0 Å². The molecule has 0 saturated carbocycles. The van der Waals surface area contributed by atoms with Gasteiger partial charge >= 0.3 is 0 Å². The maximum Gasteiger partial charge on any atom is 0.143 e. The number of rotatable bonds is 3. The Balaban J connectivity index is 1.82. The molecule has 0 aromatic heterocycles. The van der Waals surface area contributed by atoms with E-state index in [9.17, 15) is 4.79 Å². The minimum atomic E-state index is 0.0380. The molecule has 0 aliphatic carbocycles. The number of fused-ring (bicyclic) bond motifs is 1. The molecule has 2 unspecified atom stereocenters. The first-order valence-corrected chi connectivity index (χ1v) is 7.53. The molecule has 102 valence electrons. The number of Topliss-reactive ketones (excluding diaryl/α,β-unsaturated/α-hetero) is 1. The zero-order valence-electron chi connectivity index (χ0n) is 10.9. The molecule has 1 saturated heterocycles. The van der Waals surface area contributed by atoms with Gasteiger partial charge in [-0.15, -0.1) is 0 Å². The summed E-state index contributed by atoms with van der Waals surface area (Å²) in [6.45, 7) is 3.40. The van der Waals surface area contributed by atoms with Gasteiger partial charge in [0, 0.05) is 35.4 Å². The van der Waals surface area contributed by atoms with Gasteiger partial charge in [0.1, 0.15) is 11.5 Å². The molecule has 0 spiro atoms. The molecule has 3 nitrogen and oxygen atoms in total. The molecular weight excluding hydrogens is 308 g/mol. The molecule has 19 heavy (non-hydrogen) atoms. The van der Waals surface area contributed by atoms with Crippen molar-refractivity contribution in [2.75, 3.05) is 13.2 Å². The molecule has 2 aliphatic rings. The smallest absolute Gasteiger partial charge is 0.143 e. The molecule has 4 heteroatoms. The second-order valence-electron chi connectivity index (χ2n) is 5.27. The molecular formula is C15H17BrO3. The number of hydrogen-bond acceptors (Lipinski definition) is 3. The Labute approximate surface area is 121 Å². The summed E-state index contributed by atoms with van der Waals surface area (Å²) in [5, 5.41) is 0. The Hall–Kier alpha value is -0.870. The van der Waals surface area contributed by atoms with Gasteiger partial charge in [-0.05, 0) is 31.0 Å². The Morgan fingerprint density at radius 3 is 3.00 bits per heavy atom. The first kappa shape index (κ1) is 13.1. The van der Waals surface area contributed by atoms with E-state index in [1.165, 1.54) is 5.56 Å². The summed E-state index contributed by atoms with van der Waals surface area (Å²) in [5.74, 6) is 1.22. The number of benzene rings is 1. The average Bonchev–Trinajstić information content (AvgIpc) is 2.97. The lowest BCUT2D eigenvalue weighted by Gasteiger charge is -2.14. The lowest BCUT2D eigenvalue weighted by molar-refractivity contribution is -0.123. The van der Waals surface area contributed by atoms with Crippen molar-refractivity contribution in [1.82, 2.24) is 0 Å². The topological polar surface area (TPSA) is 35.5 Å². The number of carbonyl (C=O) groups is 1. The van der Waals surface area contributed by atoms with Crippen LogP contribution in [0.2, 0.25) is 0 Å². The van der Waals surface area contributed by atoms with Crippen molar-refractivity contribution in [3.8, 4) is 5.75 Å². The minimum absolute atomic E-state index is 0.0380. The average molecular weight is 325 g/mol. The molecule has 1 aromatic carbocycles. The van der Waals surface area contributed by atoms with Crippen LogP contribution in [0.25, 0.3) is 0 Å². The maximum absolute atomic E-state index is 12.4. The molecule has 2 atom stereocenters. The van der Waals surface area contributed by atoms with Crippen molar-refractivity contribution in [2.45, 2.75) is 32.3 Å². The molecule has 0 amide bonds. The highest BCUT2D eigenvalue weighted by atomic mass is 79.9. The molecule has 3 rings (SSSR count). The fourth-order valence-electron chi connectivity index (χ4n) is 2.95. The Kier molecular flexibility index (Phi) is 3.63. The molecule has 1 aromatic rings. The largest absolute Gasteiger partial charge is 0.493 e. The van der Waals surface area contributed by atoms with Crippen LogP contribution in [0, 0.1) is 5.92 Å². The molecule has 1 fully saturated rings. The zero-order chi connectivity index (χ0) is 13.4. The van der Waals surface area contributed by atoms with Crippen LogP contribution >= 0.6 is 15.9 Å². The predicted molar refractivity (Wildman–Crippen MR) is 75.6 cm³/mol. The number of ether oxygens (including phenoxy) is 2. The van der Waals surface area contributed by atoms with Crippen molar-refractivity contribution in [3.05, 3.63) is 27.7 Å². The third-order valence-corrected chi connectivity index (χ3v) is 4.44. The van der Waals surface area contributed by atoms with Gasteiger partial charge in [-0.1, -0.05) is 15.9 Å². The van der Waals surface area contributed by atoms with Crippen molar-refractivity contribution in [2.24, 2.45) is 5.92 Å². The van der Waals surface area contributed by atoms with Crippen molar-refractivity contribution < 1.29 is 14.3 Å². The van der Waals surface area contributed by atoms with E-state index in [0.717, 1.165) is 35.2 Å². The van der Waals surface area contributed by atoms with Crippen molar-refractivity contribution in [1.29, 1.82) is 0 Å². The van der Waals surface area contributed by atoms with E-state index in [2.05, 4.69) is 22.0 Å².